The van der Waals surface area contributed by atoms with Crippen molar-refractivity contribution in [3.63, 3.8) is 0 Å². The predicted molar refractivity (Wildman–Crippen MR) is 68.3 cm³/mol. The summed E-state index contributed by atoms with van der Waals surface area (Å²) in [6.07, 6.45) is 0.282. The molecule has 1 aromatic carbocycles. The van der Waals surface area contributed by atoms with Crippen LogP contribution >= 0.6 is 0 Å². The van der Waals surface area contributed by atoms with Gasteiger partial charge in [0.05, 0.1) is 0 Å². The summed E-state index contributed by atoms with van der Waals surface area (Å²) in [5.74, 6) is 0.708. The third-order valence-corrected chi connectivity index (χ3v) is 2.78. The molecule has 3 nitrogen and oxygen atoms in total. The Morgan fingerprint density at radius 3 is 2.81 bits per heavy atom. The van der Waals surface area contributed by atoms with E-state index >= 15 is 0 Å². The van der Waals surface area contributed by atoms with Gasteiger partial charge in [0, 0.05) is 25.3 Å². The molecule has 0 bridgehead atoms. The number of hydrogen-bond acceptors (Lipinski definition) is 3. The molecule has 1 aromatic rings. The first-order valence-electron chi connectivity index (χ1n) is 6.05. The second kappa shape index (κ2) is 5.32. The molecule has 2 N–H and O–H groups in total. The van der Waals surface area contributed by atoms with E-state index in [1.165, 1.54) is 5.69 Å². The molecule has 0 aliphatic carbocycles. The maximum Gasteiger partial charge on any atom is 0.135 e. The Morgan fingerprint density at radius 2 is 2.12 bits per heavy atom. The van der Waals surface area contributed by atoms with Crippen LogP contribution in [0.4, 0.5) is 5.69 Å². The van der Waals surface area contributed by atoms with Crippen molar-refractivity contribution in [1.29, 1.82) is 0 Å². The van der Waals surface area contributed by atoms with E-state index in [0.29, 0.717) is 5.92 Å². The second-order valence-electron chi connectivity index (χ2n) is 4.76. The van der Waals surface area contributed by atoms with Crippen molar-refractivity contribution in [2.24, 2.45) is 5.92 Å². The summed E-state index contributed by atoms with van der Waals surface area (Å²) in [6, 6.07) is 10.4. The van der Waals surface area contributed by atoms with E-state index in [0.717, 1.165) is 19.6 Å². The lowest BCUT2D eigenvalue weighted by Gasteiger charge is -2.27. The summed E-state index contributed by atoms with van der Waals surface area (Å²) in [7, 11) is 0. The minimum absolute atomic E-state index is 0.282. The topological polar surface area (TPSA) is 27.3 Å². The van der Waals surface area contributed by atoms with Gasteiger partial charge in [-0.2, -0.15) is 0 Å². The maximum absolute atomic E-state index is 3.51. The molecule has 0 saturated carbocycles. The highest BCUT2D eigenvalue weighted by atomic mass is 15.4. The van der Waals surface area contributed by atoms with E-state index in [9.17, 15) is 0 Å². The average molecular weight is 219 g/mol. The minimum atomic E-state index is 0.282. The Bertz CT molecular complexity index is 310. The standard InChI is InChI=1S/C13H21N3/c1-11(2)10-16-9-8-14-13(16)15-12-6-4-3-5-7-12/h3-7,11,13-15H,8-10H2,1-2H3. The summed E-state index contributed by atoms with van der Waals surface area (Å²) in [5, 5.41) is 6.99. The van der Waals surface area contributed by atoms with Crippen LogP contribution in [-0.4, -0.2) is 30.8 Å². The smallest absolute Gasteiger partial charge is 0.135 e. The molecule has 1 saturated heterocycles. The Kier molecular flexibility index (Phi) is 3.80. The largest absolute Gasteiger partial charge is 0.357 e. The molecule has 16 heavy (non-hydrogen) atoms. The summed E-state index contributed by atoms with van der Waals surface area (Å²) < 4.78 is 0. The summed E-state index contributed by atoms with van der Waals surface area (Å²) in [4.78, 5) is 2.46. The van der Waals surface area contributed by atoms with Gasteiger partial charge in [0.15, 0.2) is 0 Å². The van der Waals surface area contributed by atoms with Crippen molar-refractivity contribution >= 4 is 5.69 Å². The molecule has 0 spiro atoms. The van der Waals surface area contributed by atoms with Crippen molar-refractivity contribution in [3.8, 4) is 0 Å². The van der Waals surface area contributed by atoms with Crippen LogP contribution in [0.3, 0.4) is 0 Å². The highest BCUT2D eigenvalue weighted by Gasteiger charge is 2.23. The molecule has 1 unspecified atom stereocenters. The highest BCUT2D eigenvalue weighted by molar-refractivity contribution is 5.43. The first-order chi connectivity index (χ1) is 7.75. The SMILES string of the molecule is CC(C)CN1CCNC1Nc1ccccc1. The van der Waals surface area contributed by atoms with Gasteiger partial charge in [0.25, 0.3) is 0 Å². The number of para-hydroxylation sites is 1. The lowest BCUT2D eigenvalue weighted by molar-refractivity contribution is 0.236. The average Bonchev–Trinajstić information content (AvgIpc) is 2.66. The molecule has 1 aliphatic heterocycles. The normalized spacial score (nSPS) is 21.6. The van der Waals surface area contributed by atoms with E-state index in [2.05, 4.69) is 53.6 Å². The monoisotopic (exact) mass is 219 g/mol. The van der Waals surface area contributed by atoms with Crippen LogP contribution in [0.1, 0.15) is 13.8 Å². The molecule has 1 heterocycles. The van der Waals surface area contributed by atoms with Crippen LogP contribution < -0.4 is 10.6 Å². The number of benzene rings is 1. The van der Waals surface area contributed by atoms with Crippen LogP contribution in [0.15, 0.2) is 30.3 Å². The van der Waals surface area contributed by atoms with Crippen LogP contribution in [0, 0.1) is 5.92 Å². The fraction of sp³-hybridized carbons (Fsp3) is 0.538. The van der Waals surface area contributed by atoms with Crippen LogP contribution in [0.5, 0.6) is 0 Å². The molecule has 88 valence electrons. The maximum atomic E-state index is 3.51. The van der Waals surface area contributed by atoms with Gasteiger partial charge < -0.3 is 5.32 Å². The fourth-order valence-corrected chi connectivity index (χ4v) is 2.10. The van der Waals surface area contributed by atoms with Gasteiger partial charge in [-0.25, -0.2) is 0 Å². The van der Waals surface area contributed by atoms with E-state index in [1.54, 1.807) is 0 Å². The molecule has 1 atom stereocenters. The Labute approximate surface area is 97.8 Å². The lowest BCUT2D eigenvalue weighted by Crippen LogP contribution is -2.43. The van der Waals surface area contributed by atoms with Gasteiger partial charge in [-0.1, -0.05) is 32.0 Å². The molecule has 3 heteroatoms. The zero-order valence-electron chi connectivity index (χ0n) is 10.1. The van der Waals surface area contributed by atoms with E-state index in [-0.39, 0.29) is 6.29 Å². The molecule has 0 aromatic heterocycles. The van der Waals surface area contributed by atoms with E-state index in [4.69, 9.17) is 0 Å². The van der Waals surface area contributed by atoms with Crippen molar-refractivity contribution in [2.75, 3.05) is 25.0 Å². The van der Waals surface area contributed by atoms with Gasteiger partial charge >= 0.3 is 0 Å². The molecule has 1 fully saturated rings. The van der Waals surface area contributed by atoms with Gasteiger partial charge in [-0.15, -0.1) is 0 Å². The Morgan fingerprint density at radius 1 is 1.38 bits per heavy atom. The Balaban J connectivity index is 1.93. The zero-order chi connectivity index (χ0) is 11.4. The molecular formula is C13H21N3. The minimum Gasteiger partial charge on any atom is -0.357 e. The third-order valence-electron chi connectivity index (χ3n) is 2.78. The summed E-state index contributed by atoms with van der Waals surface area (Å²) in [5.41, 5.74) is 1.18. The summed E-state index contributed by atoms with van der Waals surface area (Å²) in [6.45, 7) is 7.85. The molecule has 1 aliphatic rings. The number of rotatable bonds is 4. The van der Waals surface area contributed by atoms with Gasteiger partial charge in [0.1, 0.15) is 6.29 Å². The summed E-state index contributed by atoms with van der Waals surface area (Å²) >= 11 is 0. The van der Waals surface area contributed by atoms with Gasteiger partial charge in [0.2, 0.25) is 0 Å². The van der Waals surface area contributed by atoms with Crippen molar-refractivity contribution < 1.29 is 0 Å². The molecule has 2 rings (SSSR count). The number of anilines is 1. The predicted octanol–water partition coefficient (Wildman–Crippen LogP) is 1.94. The van der Waals surface area contributed by atoms with Crippen LogP contribution in [0.25, 0.3) is 0 Å². The number of nitrogens with one attached hydrogen (secondary N) is 2. The van der Waals surface area contributed by atoms with Crippen LogP contribution in [-0.2, 0) is 0 Å². The third kappa shape index (κ3) is 2.97. The molecule has 0 radical (unpaired) electrons. The van der Waals surface area contributed by atoms with Crippen molar-refractivity contribution in [2.45, 2.75) is 20.1 Å². The second-order valence-corrected chi connectivity index (χ2v) is 4.76. The van der Waals surface area contributed by atoms with Crippen LogP contribution in [0.2, 0.25) is 0 Å². The fourth-order valence-electron chi connectivity index (χ4n) is 2.10. The first-order valence-corrected chi connectivity index (χ1v) is 6.05. The molecular weight excluding hydrogens is 198 g/mol. The van der Waals surface area contributed by atoms with Gasteiger partial charge in [-0.3, -0.25) is 10.2 Å². The van der Waals surface area contributed by atoms with Crippen molar-refractivity contribution in [3.05, 3.63) is 30.3 Å². The van der Waals surface area contributed by atoms with Crippen molar-refractivity contribution in [1.82, 2.24) is 10.2 Å². The molecule has 0 amide bonds. The quantitative estimate of drug-likeness (QED) is 0.810. The zero-order valence-corrected chi connectivity index (χ0v) is 10.1. The number of nitrogens with zero attached hydrogens (tertiary/aromatic N) is 1. The van der Waals surface area contributed by atoms with E-state index in [1.807, 2.05) is 6.07 Å². The van der Waals surface area contributed by atoms with Gasteiger partial charge in [-0.05, 0) is 18.1 Å². The van der Waals surface area contributed by atoms with E-state index < -0.39 is 0 Å². The lowest BCUT2D eigenvalue weighted by atomic mass is 10.2. The highest BCUT2D eigenvalue weighted by Crippen LogP contribution is 2.12. The Hall–Kier alpha value is -1.06. The number of hydrogen-bond donors (Lipinski definition) is 2. The first kappa shape index (κ1) is 11.4.